The molecule has 0 N–H and O–H groups in total. The smallest absolute Gasteiger partial charge is 0.346 e. The van der Waals surface area contributed by atoms with Crippen LogP contribution in [0.4, 0.5) is 4.79 Å². The Balaban J connectivity index is 1.61. The molecule has 198 valence electrons. The maximum atomic E-state index is 13.7. The van der Waals surface area contributed by atoms with E-state index >= 15 is 0 Å². The molecule has 0 radical (unpaired) electrons. The highest BCUT2D eigenvalue weighted by Crippen LogP contribution is 2.31. The molecule has 0 aromatic carbocycles. The maximum Gasteiger partial charge on any atom is 0.346 e. The van der Waals surface area contributed by atoms with Crippen molar-refractivity contribution in [3.05, 3.63) is 17.7 Å². The number of rotatable bonds is 7. The molecular weight excluding hydrogens is 484 g/mol. The van der Waals surface area contributed by atoms with E-state index in [-0.39, 0.29) is 47.5 Å². The summed E-state index contributed by atoms with van der Waals surface area (Å²) in [6, 6.07) is -0.0254. The molecule has 2 fully saturated rings. The van der Waals surface area contributed by atoms with E-state index in [1.807, 2.05) is 4.90 Å². The second-order valence-electron chi connectivity index (χ2n) is 9.71. The first-order chi connectivity index (χ1) is 17.2. The van der Waals surface area contributed by atoms with E-state index in [0.717, 1.165) is 56.0 Å². The summed E-state index contributed by atoms with van der Waals surface area (Å²) >= 11 is 0. The predicted molar refractivity (Wildman–Crippen MR) is 130 cm³/mol. The first-order valence-corrected chi connectivity index (χ1v) is 14.4. The Kier molecular flexibility index (Phi) is 8.11. The topological polar surface area (TPSA) is 129 Å². The summed E-state index contributed by atoms with van der Waals surface area (Å²) in [5.41, 5.74) is 0.514. The molecule has 36 heavy (non-hydrogen) atoms. The van der Waals surface area contributed by atoms with Crippen LogP contribution < -0.4 is 0 Å². The molecule has 11 nitrogen and oxygen atoms in total. The summed E-state index contributed by atoms with van der Waals surface area (Å²) < 4.78 is 34.3. The summed E-state index contributed by atoms with van der Waals surface area (Å²) in [6.45, 7) is 4.84. The van der Waals surface area contributed by atoms with Crippen molar-refractivity contribution in [2.24, 2.45) is 0 Å². The van der Waals surface area contributed by atoms with Gasteiger partial charge < -0.3 is 9.64 Å². The summed E-state index contributed by atoms with van der Waals surface area (Å²) in [5.74, 6) is -0.509. The highest BCUT2D eigenvalue weighted by atomic mass is 32.2. The van der Waals surface area contributed by atoms with Gasteiger partial charge in [0, 0.05) is 12.1 Å². The highest BCUT2D eigenvalue weighted by molar-refractivity contribution is 7.91. The van der Waals surface area contributed by atoms with Gasteiger partial charge in [-0.2, -0.15) is 9.78 Å². The van der Waals surface area contributed by atoms with Crippen LogP contribution >= 0.6 is 0 Å². The minimum Gasteiger partial charge on any atom is -0.465 e. The molecule has 4 rings (SSSR count). The number of sulfone groups is 1. The highest BCUT2D eigenvalue weighted by Gasteiger charge is 2.36. The molecule has 2 aromatic heterocycles. The summed E-state index contributed by atoms with van der Waals surface area (Å²) in [6.07, 6.45) is 11.7. The Morgan fingerprint density at radius 1 is 1.00 bits per heavy atom. The molecule has 12 heteroatoms. The van der Waals surface area contributed by atoms with Crippen LogP contribution in [0.15, 0.2) is 16.4 Å². The number of esters is 1. The molecule has 0 spiro atoms. The van der Waals surface area contributed by atoms with Crippen molar-refractivity contribution in [1.29, 1.82) is 0 Å². The van der Waals surface area contributed by atoms with Gasteiger partial charge in [-0.15, -0.1) is 5.10 Å². The largest absolute Gasteiger partial charge is 0.465 e. The van der Waals surface area contributed by atoms with Crippen molar-refractivity contribution in [2.45, 2.75) is 114 Å². The number of hydrogen-bond donors (Lipinski definition) is 0. The third kappa shape index (κ3) is 5.33. The van der Waals surface area contributed by atoms with Gasteiger partial charge in [0.1, 0.15) is 17.8 Å². The second-order valence-corrected chi connectivity index (χ2v) is 11.5. The second kappa shape index (κ2) is 11.1. The minimum absolute atomic E-state index is 0.0617. The SMILES string of the molecule is CCOC(=O)Cn1nc(C)c(S(=O)(=O)c2ncn(C(=O)N(C3CCCCC3)C3CCCCC3)n2)c1C. The number of aromatic nitrogens is 5. The van der Waals surface area contributed by atoms with Gasteiger partial charge in [-0.25, -0.2) is 18.2 Å². The van der Waals surface area contributed by atoms with Crippen molar-refractivity contribution >= 4 is 21.8 Å². The quantitative estimate of drug-likeness (QED) is 0.508. The number of amides is 1. The van der Waals surface area contributed by atoms with E-state index in [4.69, 9.17) is 4.74 Å². The number of nitrogens with zero attached hydrogens (tertiary/aromatic N) is 6. The van der Waals surface area contributed by atoms with Gasteiger partial charge in [0.15, 0.2) is 0 Å². The third-order valence-corrected chi connectivity index (χ3v) is 9.03. The zero-order valence-corrected chi connectivity index (χ0v) is 22.2. The lowest BCUT2D eigenvalue weighted by Crippen LogP contribution is -2.50. The Bertz CT molecular complexity index is 1170. The Morgan fingerprint density at radius 3 is 2.14 bits per heavy atom. The first-order valence-electron chi connectivity index (χ1n) is 12.9. The summed E-state index contributed by atoms with van der Waals surface area (Å²) in [5, 5.41) is 7.91. The van der Waals surface area contributed by atoms with Gasteiger partial charge in [0.2, 0.25) is 9.84 Å². The monoisotopic (exact) mass is 520 g/mol. The Labute approximate surface area is 212 Å². The van der Waals surface area contributed by atoms with Gasteiger partial charge in [-0.1, -0.05) is 38.5 Å². The number of carbonyl (C=O) groups excluding carboxylic acids is 2. The molecule has 2 aromatic rings. The van der Waals surface area contributed by atoms with E-state index in [2.05, 4.69) is 15.2 Å². The van der Waals surface area contributed by atoms with Crippen molar-refractivity contribution in [2.75, 3.05) is 6.61 Å². The van der Waals surface area contributed by atoms with Crippen LogP contribution in [-0.4, -0.2) is 68.6 Å². The minimum atomic E-state index is -4.16. The standard InChI is InChI=1S/C24H36N6O5S/c1-4-35-21(31)15-28-18(3)22(17(2)26-28)36(33,34)23-25-16-29(27-23)24(32)30(19-11-7-5-8-12-19)20-13-9-6-10-14-20/h16,19-20H,4-15H2,1-3H3. The van der Waals surface area contributed by atoms with Crippen molar-refractivity contribution in [3.63, 3.8) is 0 Å². The van der Waals surface area contributed by atoms with E-state index in [0.29, 0.717) is 0 Å². The van der Waals surface area contributed by atoms with Gasteiger partial charge in [-0.3, -0.25) is 9.48 Å². The molecule has 2 heterocycles. The zero-order chi connectivity index (χ0) is 25.9. The number of ether oxygens (including phenoxy) is 1. The lowest BCUT2D eigenvalue weighted by Gasteiger charge is -2.41. The van der Waals surface area contributed by atoms with Crippen LogP contribution in [0.2, 0.25) is 0 Å². The lowest BCUT2D eigenvalue weighted by atomic mass is 9.89. The van der Waals surface area contributed by atoms with Crippen LogP contribution in [0.25, 0.3) is 0 Å². The number of hydrogen-bond acceptors (Lipinski definition) is 8. The summed E-state index contributed by atoms with van der Waals surface area (Å²) in [4.78, 5) is 31.5. The van der Waals surface area contributed by atoms with Crippen LogP contribution in [0.5, 0.6) is 0 Å². The lowest BCUT2D eigenvalue weighted by molar-refractivity contribution is -0.144. The van der Waals surface area contributed by atoms with Crippen molar-refractivity contribution < 1.29 is 22.7 Å². The molecule has 0 atom stereocenters. The molecule has 1 amide bonds. The van der Waals surface area contributed by atoms with Crippen molar-refractivity contribution in [3.8, 4) is 0 Å². The van der Waals surface area contributed by atoms with Gasteiger partial charge >= 0.3 is 12.0 Å². The average molecular weight is 521 g/mol. The number of carbonyl (C=O) groups is 2. The summed E-state index contributed by atoms with van der Waals surface area (Å²) in [7, 11) is -4.16. The zero-order valence-electron chi connectivity index (χ0n) is 21.4. The van der Waals surface area contributed by atoms with Crippen molar-refractivity contribution in [1.82, 2.24) is 29.4 Å². The molecule has 0 aliphatic heterocycles. The molecular formula is C24H36N6O5S. The number of aryl methyl sites for hydroxylation is 1. The van der Waals surface area contributed by atoms with E-state index in [1.54, 1.807) is 20.8 Å². The van der Waals surface area contributed by atoms with Gasteiger partial charge in [-0.05, 0) is 46.5 Å². The van der Waals surface area contributed by atoms with E-state index in [1.165, 1.54) is 23.9 Å². The fourth-order valence-corrected chi connectivity index (χ4v) is 7.04. The first kappa shape index (κ1) is 26.3. The molecule has 0 unspecified atom stereocenters. The molecule has 2 aliphatic rings. The molecule has 2 saturated carbocycles. The fourth-order valence-electron chi connectivity index (χ4n) is 5.55. The fraction of sp³-hybridized carbons (Fsp3) is 0.708. The molecule has 2 aliphatic carbocycles. The van der Waals surface area contributed by atoms with Gasteiger partial charge in [0.25, 0.3) is 5.16 Å². The van der Waals surface area contributed by atoms with E-state index < -0.39 is 21.0 Å². The van der Waals surface area contributed by atoms with Crippen LogP contribution in [0, 0.1) is 13.8 Å². The maximum absolute atomic E-state index is 13.7. The normalized spacial score (nSPS) is 17.8. The Hall–Kier alpha value is -2.76. The van der Waals surface area contributed by atoms with Crippen LogP contribution in [-0.2, 0) is 25.9 Å². The van der Waals surface area contributed by atoms with Gasteiger partial charge in [0.05, 0.1) is 18.0 Å². The van der Waals surface area contributed by atoms with Crippen LogP contribution in [0.3, 0.4) is 0 Å². The molecule has 0 bridgehead atoms. The average Bonchev–Trinajstić information content (AvgIpc) is 3.46. The van der Waals surface area contributed by atoms with Crippen LogP contribution in [0.1, 0.15) is 82.5 Å². The predicted octanol–water partition coefficient (Wildman–Crippen LogP) is 3.42. The Morgan fingerprint density at radius 2 is 1.58 bits per heavy atom. The molecule has 0 saturated heterocycles. The van der Waals surface area contributed by atoms with E-state index in [9.17, 15) is 18.0 Å². The third-order valence-electron chi connectivity index (χ3n) is 7.23.